The summed E-state index contributed by atoms with van der Waals surface area (Å²) in [7, 11) is 0. The van der Waals surface area contributed by atoms with Crippen molar-refractivity contribution in [1.82, 2.24) is 0 Å². The molecular weight excluding hydrogens is 206 g/mol. The van der Waals surface area contributed by atoms with E-state index in [4.69, 9.17) is 20.3 Å². The predicted octanol–water partition coefficient (Wildman–Crippen LogP) is 1.31. The van der Waals surface area contributed by atoms with Crippen molar-refractivity contribution in [3.8, 4) is 0 Å². The quantitative estimate of drug-likeness (QED) is 0.589. The van der Waals surface area contributed by atoms with Crippen LogP contribution in [0, 0.1) is 0 Å². The number of hydrogen-bond donors (Lipinski definition) is 2. The van der Waals surface area contributed by atoms with Crippen LogP contribution in [-0.2, 0) is 9.47 Å². The van der Waals surface area contributed by atoms with E-state index in [1.165, 1.54) is 0 Å². The smallest absolute Gasteiger partial charge is 0.0708 e. The molecule has 0 radical (unpaired) electrons. The van der Waals surface area contributed by atoms with E-state index >= 15 is 0 Å². The average Bonchev–Trinajstić information content (AvgIpc) is 2.12. The maximum atomic E-state index is 8.83. The Kier molecular flexibility index (Phi) is 7.15. The SMILES string of the molecule is CC(C)(CCN)OCCOC(C)(C)CCO. The fraction of sp³-hybridized carbons (Fsp3) is 1.00. The summed E-state index contributed by atoms with van der Waals surface area (Å²) in [6.07, 6.45) is 1.48. The van der Waals surface area contributed by atoms with Crippen molar-refractivity contribution >= 4 is 0 Å². The molecule has 0 aromatic rings. The van der Waals surface area contributed by atoms with Crippen molar-refractivity contribution in [2.24, 2.45) is 5.73 Å². The van der Waals surface area contributed by atoms with Gasteiger partial charge in [0.25, 0.3) is 0 Å². The molecule has 0 saturated heterocycles. The Morgan fingerprint density at radius 2 is 1.38 bits per heavy atom. The summed E-state index contributed by atoms with van der Waals surface area (Å²) in [5.74, 6) is 0. The fourth-order valence-electron chi connectivity index (χ4n) is 1.40. The van der Waals surface area contributed by atoms with Gasteiger partial charge in [-0.3, -0.25) is 0 Å². The monoisotopic (exact) mass is 233 g/mol. The van der Waals surface area contributed by atoms with E-state index in [0.717, 1.165) is 6.42 Å². The molecule has 0 saturated carbocycles. The maximum absolute atomic E-state index is 8.83. The molecule has 0 aliphatic heterocycles. The highest BCUT2D eigenvalue weighted by molar-refractivity contribution is 4.70. The highest BCUT2D eigenvalue weighted by Gasteiger charge is 2.19. The highest BCUT2D eigenvalue weighted by Crippen LogP contribution is 2.15. The highest BCUT2D eigenvalue weighted by atomic mass is 16.5. The molecule has 98 valence electrons. The van der Waals surface area contributed by atoms with Crippen molar-refractivity contribution in [2.45, 2.75) is 51.7 Å². The van der Waals surface area contributed by atoms with E-state index in [1.54, 1.807) is 0 Å². The number of nitrogens with two attached hydrogens (primary N) is 1. The number of aliphatic hydroxyl groups is 1. The number of rotatable bonds is 9. The summed E-state index contributed by atoms with van der Waals surface area (Å²) in [5, 5.41) is 8.83. The second-order valence-corrected chi connectivity index (χ2v) is 5.23. The van der Waals surface area contributed by atoms with Crippen LogP contribution in [0.1, 0.15) is 40.5 Å². The van der Waals surface area contributed by atoms with Gasteiger partial charge in [0.1, 0.15) is 0 Å². The van der Waals surface area contributed by atoms with E-state index in [1.807, 2.05) is 27.7 Å². The minimum absolute atomic E-state index is 0.145. The fourth-order valence-corrected chi connectivity index (χ4v) is 1.40. The van der Waals surface area contributed by atoms with Crippen LogP contribution in [0.25, 0.3) is 0 Å². The first-order valence-electron chi connectivity index (χ1n) is 5.92. The first-order valence-corrected chi connectivity index (χ1v) is 5.92. The van der Waals surface area contributed by atoms with Gasteiger partial charge in [0.15, 0.2) is 0 Å². The van der Waals surface area contributed by atoms with E-state index in [-0.39, 0.29) is 17.8 Å². The standard InChI is InChI=1S/C12H27NO3/c1-11(2,5-7-13)15-9-10-16-12(3,4)6-8-14/h14H,5-10,13H2,1-4H3. The zero-order valence-corrected chi connectivity index (χ0v) is 11.1. The van der Waals surface area contributed by atoms with Gasteiger partial charge in [-0.1, -0.05) is 0 Å². The molecule has 4 heteroatoms. The topological polar surface area (TPSA) is 64.7 Å². The molecule has 0 aromatic heterocycles. The van der Waals surface area contributed by atoms with Crippen molar-refractivity contribution in [3.63, 3.8) is 0 Å². The van der Waals surface area contributed by atoms with Crippen LogP contribution < -0.4 is 5.73 Å². The summed E-state index contributed by atoms with van der Waals surface area (Å²) in [5.41, 5.74) is 5.03. The average molecular weight is 233 g/mol. The van der Waals surface area contributed by atoms with Crippen molar-refractivity contribution in [2.75, 3.05) is 26.4 Å². The Morgan fingerprint density at radius 1 is 0.938 bits per heavy atom. The lowest BCUT2D eigenvalue weighted by molar-refractivity contribution is -0.0909. The van der Waals surface area contributed by atoms with Crippen molar-refractivity contribution in [1.29, 1.82) is 0 Å². The molecule has 0 heterocycles. The molecule has 0 atom stereocenters. The van der Waals surface area contributed by atoms with E-state index < -0.39 is 0 Å². The Morgan fingerprint density at radius 3 is 1.75 bits per heavy atom. The van der Waals surface area contributed by atoms with Gasteiger partial charge in [0.05, 0.1) is 24.4 Å². The molecule has 0 aliphatic rings. The summed E-state index contributed by atoms with van der Waals surface area (Å²) < 4.78 is 11.3. The van der Waals surface area contributed by atoms with Crippen LogP contribution in [0.15, 0.2) is 0 Å². The Hall–Kier alpha value is -0.160. The first kappa shape index (κ1) is 15.8. The molecule has 3 N–H and O–H groups in total. The van der Waals surface area contributed by atoms with Crippen LogP contribution >= 0.6 is 0 Å². The lowest BCUT2D eigenvalue weighted by Crippen LogP contribution is -2.32. The van der Waals surface area contributed by atoms with Gasteiger partial charge in [-0.15, -0.1) is 0 Å². The zero-order chi connectivity index (χ0) is 12.7. The minimum Gasteiger partial charge on any atom is -0.396 e. The van der Waals surface area contributed by atoms with Gasteiger partial charge in [0, 0.05) is 6.61 Å². The van der Waals surface area contributed by atoms with E-state index in [9.17, 15) is 0 Å². The number of hydrogen-bond acceptors (Lipinski definition) is 4. The van der Waals surface area contributed by atoms with Gasteiger partial charge in [-0.05, 0) is 47.1 Å². The van der Waals surface area contributed by atoms with Crippen molar-refractivity contribution in [3.05, 3.63) is 0 Å². The van der Waals surface area contributed by atoms with Gasteiger partial charge in [-0.25, -0.2) is 0 Å². The molecule has 0 bridgehead atoms. The summed E-state index contributed by atoms with van der Waals surface area (Å²) in [6.45, 7) is 9.86. The van der Waals surface area contributed by atoms with Crippen LogP contribution in [0.2, 0.25) is 0 Å². The minimum atomic E-state index is -0.282. The van der Waals surface area contributed by atoms with Crippen LogP contribution in [0.3, 0.4) is 0 Å². The summed E-state index contributed by atoms with van der Waals surface area (Å²) >= 11 is 0. The molecule has 0 aromatic carbocycles. The molecule has 0 aliphatic carbocycles. The van der Waals surface area contributed by atoms with Crippen LogP contribution in [0.5, 0.6) is 0 Å². The summed E-state index contributed by atoms with van der Waals surface area (Å²) in [4.78, 5) is 0. The molecular formula is C12H27NO3. The van der Waals surface area contributed by atoms with Gasteiger partial charge >= 0.3 is 0 Å². The molecule has 0 amide bonds. The Balaban J connectivity index is 3.67. The third kappa shape index (κ3) is 8.05. The van der Waals surface area contributed by atoms with Crippen LogP contribution in [0.4, 0.5) is 0 Å². The third-order valence-corrected chi connectivity index (χ3v) is 2.53. The lowest BCUT2D eigenvalue weighted by atomic mass is 10.1. The first-order chi connectivity index (χ1) is 7.33. The van der Waals surface area contributed by atoms with Gasteiger partial charge < -0.3 is 20.3 Å². The normalized spacial score (nSPS) is 13.1. The maximum Gasteiger partial charge on any atom is 0.0708 e. The van der Waals surface area contributed by atoms with Gasteiger partial charge in [-0.2, -0.15) is 0 Å². The zero-order valence-electron chi connectivity index (χ0n) is 11.1. The summed E-state index contributed by atoms with van der Waals surface area (Å²) in [6, 6.07) is 0. The van der Waals surface area contributed by atoms with Crippen molar-refractivity contribution < 1.29 is 14.6 Å². The third-order valence-electron chi connectivity index (χ3n) is 2.53. The predicted molar refractivity (Wildman–Crippen MR) is 65.4 cm³/mol. The van der Waals surface area contributed by atoms with E-state index in [0.29, 0.717) is 26.2 Å². The molecule has 0 rings (SSSR count). The lowest BCUT2D eigenvalue weighted by Gasteiger charge is -2.28. The molecule has 4 nitrogen and oxygen atoms in total. The second-order valence-electron chi connectivity index (χ2n) is 5.23. The van der Waals surface area contributed by atoms with Crippen LogP contribution in [-0.4, -0.2) is 42.7 Å². The largest absolute Gasteiger partial charge is 0.396 e. The molecule has 0 unspecified atom stereocenters. The molecule has 0 spiro atoms. The number of ether oxygens (including phenoxy) is 2. The van der Waals surface area contributed by atoms with E-state index in [2.05, 4.69) is 0 Å². The molecule has 0 fully saturated rings. The molecule has 16 heavy (non-hydrogen) atoms. The Bertz CT molecular complexity index is 161. The number of aliphatic hydroxyl groups excluding tert-OH is 1. The second kappa shape index (κ2) is 7.22. The Labute approximate surface area is 99.1 Å². The van der Waals surface area contributed by atoms with Gasteiger partial charge in [0.2, 0.25) is 0 Å².